The molecule has 1 unspecified atom stereocenters. The van der Waals surface area contributed by atoms with Crippen molar-refractivity contribution in [1.29, 1.82) is 0 Å². The van der Waals surface area contributed by atoms with Crippen LogP contribution >= 0.6 is 11.6 Å². The highest BCUT2D eigenvalue weighted by Crippen LogP contribution is 2.54. The number of carboxylic acid groups (broad SMARTS) is 1. The van der Waals surface area contributed by atoms with E-state index in [4.69, 9.17) is 30.7 Å². The van der Waals surface area contributed by atoms with Crippen LogP contribution in [0.1, 0.15) is 49.3 Å². The Morgan fingerprint density at radius 2 is 1.91 bits per heavy atom. The quantitative estimate of drug-likeness (QED) is 0.368. The number of aromatic nitrogens is 2. The third-order valence-electron chi connectivity index (χ3n) is 6.78. The summed E-state index contributed by atoms with van der Waals surface area (Å²) < 4.78 is 16.5. The molecule has 1 aromatic heterocycles. The molecule has 1 atom stereocenters. The molecule has 2 heterocycles. The summed E-state index contributed by atoms with van der Waals surface area (Å²) >= 11 is 6.08. The lowest BCUT2D eigenvalue weighted by Gasteiger charge is -2.37. The first-order valence-electron chi connectivity index (χ1n) is 11.9. The van der Waals surface area contributed by atoms with Crippen LogP contribution in [0, 0.1) is 0 Å². The van der Waals surface area contributed by atoms with Crippen molar-refractivity contribution in [2.24, 2.45) is 0 Å². The molecule has 2 fully saturated rings. The molecule has 35 heavy (non-hydrogen) atoms. The third kappa shape index (κ3) is 5.50. The Morgan fingerprint density at radius 3 is 2.54 bits per heavy atom. The Kier molecular flexibility index (Phi) is 6.77. The largest absolute Gasteiger partial charge is 0.506 e. The number of ether oxygens (including phenoxy) is 2. The van der Waals surface area contributed by atoms with Crippen LogP contribution in [-0.4, -0.2) is 52.1 Å². The first-order chi connectivity index (χ1) is 16.9. The lowest BCUT2D eigenvalue weighted by atomic mass is 9.90. The number of carbonyl (C=O) groups is 1. The van der Waals surface area contributed by atoms with Crippen molar-refractivity contribution in [2.75, 3.05) is 19.7 Å². The standard InChI is InChI=1S/C26H28ClN3O5/c1-2-33-22(13-26(11-12-26)19-7-9-20(27)10-8-19)24-28-23(29-35-24)18-5-3-17(4-6-18)14-30-15-21(16-30)34-25(31)32/h3-10,21-22H,2,11-16H2,1H3,(H,31,32). The second-order valence-corrected chi connectivity index (χ2v) is 9.72. The maximum atomic E-state index is 10.6. The fraction of sp³-hybridized carbons (Fsp3) is 0.423. The van der Waals surface area contributed by atoms with Crippen LogP contribution in [-0.2, 0) is 21.4 Å². The summed E-state index contributed by atoms with van der Waals surface area (Å²) in [6, 6.07) is 16.1. The Balaban J connectivity index is 1.23. The first-order valence-corrected chi connectivity index (χ1v) is 12.2. The highest BCUT2D eigenvalue weighted by molar-refractivity contribution is 6.30. The van der Waals surface area contributed by atoms with Crippen molar-refractivity contribution in [3.05, 3.63) is 70.6 Å². The van der Waals surface area contributed by atoms with Gasteiger partial charge < -0.3 is 19.1 Å². The van der Waals surface area contributed by atoms with Crippen LogP contribution in [0.2, 0.25) is 5.02 Å². The van der Waals surface area contributed by atoms with E-state index in [-0.39, 0.29) is 17.6 Å². The molecule has 1 N–H and O–H groups in total. The highest BCUT2D eigenvalue weighted by Gasteiger charge is 2.47. The van der Waals surface area contributed by atoms with Gasteiger partial charge in [0, 0.05) is 36.8 Å². The van der Waals surface area contributed by atoms with Gasteiger partial charge in [0.05, 0.1) is 0 Å². The van der Waals surface area contributed by atoms with Gasteiger partial charge in [-0.1, -0.05) is 53.2 Å². The van der Waals surface area contributed by atoms with Gasteiger partial charge in [0.2, 0.25) is 5.82 Å². The molecule has 1 saturated heterocycles. The molecule has 0 spiro atoms. The molecule has 1 saturated carbocycles. The van der Waals surface area contributed by atoms with Crippen LogP contribution in [0.25, 0.3) is 11.4 Å². The summed E-state index contributed by atoms with van der Waals surface area (Å²) in [6.07, 6.45) is 1.25. The maximum absolute atomic E-state index is 10.6. The van der Waals surface area contributed by atoms with Gasteiger partial charge in [0.15, 0.2) is 0 Å². The predicted octanol–water partition coefficient (Wildman–Crippen LogP) is 5.47. The highest BCUT2D eigenvalue weighted by atomic mass is 35.5. The number of hydrogen-bond donors (Lipinski definition) is 1. The van der Waals surface area contributed by atoms with E-state index in [0.717, 1.165) is 42.0 Å². The minimum absolute atomic E-state index is 0.0616. The van der Waals surface area contributed by atoms with E-state index in [2.05, 4.69) is 27.2 Å². The number of hydrogen-bond acceptors (Lipinski definition) is 7. The molecular weight excluding hydrogens is 470 g/mol. The normalized spacial score (nSPS) is 18.1. The maximum Gasteiger partial charge on any atom is 0.506 e. The van der Waals surface area contributed by atoms with Crippen LogP contribution in [0.3, 0.4) is 0 Å². The fourth-order valence-electron chi connectivity index (χ4n) is 4.71. The fourth-order valence-corrected chi connectivity index (χ4v) is 4.83. The SMILES string of the molecule is CCOC(CC1(c2ccc(Cl)cc2)CC1)c1nc(-c2ccc(CN3CC(OC(=O)O)C3)cc2)no1. The van der Waals surface area contributed by atoms with Crippen molar-refractivity contribution in [1.82, 2.24) is 15.0 Å². The van der Waals surface area contributed by atoms with Crippen LogP contribution in [0.5, 0.6) is 0 Å². The molecule has 5 rings (SSSR count). The molecule has 1 aliphatic heterocycles. The number of likely N-dealkylation sites (tertiary alicyclic amines) is 1. The van der Waals surface area contributed by atoms with E-state index in [9.17, 15) is 4.79 Å². The molecule has 3 aromatic rings. The summed E-state index contributed by atoms with van der Waals surface area (Å²) in [5.41, 5.74) is 3.32. The summed E-state index contributed by atoms with van der Waals surface area (Å²) in [6.45, 7) is 4.48. The second-order valence-electron chi connectivity index (χ2n) is 9.29. The van der Waals surface area contributed by atoms with E-state index in [1.807, 2.05) is 43.3 Å². The van der Waals surface area contributed by atoms with Crippen LogP contribution < -0.4 is 0 Å². The molecule has 1 aliphatic carbocycles. The minimum Gasteiger partial charge on any atom is -0.450 e. The minimum atomic E-state index is -1.22. The number of benzene rings is 2. The summed E-state index contributed by atoms with van der Waals surface area (Å²) in [7, 11) is 0. The van der Waals surface area contributed by atoms with Gasteiger partial charge in [-0.2, -0.15) is 4.98 Å². The molecule has 9 heteroatoms. The monoisotopic (exact) mass is 497 g/mol. The summed E-state index contributed by atoms with van der Waals surface area (Å²) in [5, 5.41) is 13.6. The third-order valence-corrected chi connectivity index (χ3v) is 7.03. The molecule has 2 aliphatic rings. The van der Waals surface area contributed by atoms with Gasteiger partial charge in [-0.05, 0) is 54.9 Å². The number of rotatable bonds is 10. The Bertz CT molecular complexity index is 1150. The van der Waals surface area contributed by atoms with Gasteiger partial charge in [0.25, 0.3) is 5.89 Å². The molecule has 8 nitrogen and oxygen atoms in total. The van der Waals surface area contributed by atoms with Gasteiger partial charge in [-0.3, -0.25) is 4.90 Å². The van der Waals surface area contributed by atoms with E-state index in [0.29, 0.717) is 31.4 Å². The second kappa shape index (κ2) is 9.97. The molecule has 184 valence electrons. The van der Waals surface area contributed by atoms with E-state index in [1.165, 1.54) is 5.56 Å². The Hall–Kier alpha value is -2.94. The van der Waals surface area contributed by atoms with Gasteiger partial charge in [-0.25, -0.2) is 4.79 Å². The van der Waals surface area contributed by atoms with Gasteiger partial charge in [-0.15, -0.1) is 0 Å². The topological polar surface area (TPSA) is 97.9 Å². The molecular formula is C26H28ClN3O5. The van der Waals surface area contributed by atoms with Gasteiger partial charge >= 0.3 is 6.16 Å². The zero-order valence-electron chi connectivity index (χ0n) is 19.5. The predicted molar refractivity (Wildman–Crippen MR) is 129 cm³/mol. The van der Waals surface area contributed by atoms with Crippen molar-refractivity contribution < 1.29 is 23.9 Å². The zero-order valence-corrected chi connectivity index (χ0v) is 20.3. The summed E-state index contributed by atoms with van der Waals surface area (Å²) in [5.74, 6) is 1.03. The average Bonchev–Trinajstić information content (AvgIpc) is 3.43. The Labute approximate surface area is 208 Å². The van der Waals surface area contributed by atoms with E-state index < -0.39 is 6.16 Å². The van der Waals surface area contributed by atoms with Crippen molar-refractivity contribution in [2.45, 2.75) is 50.4 Å². The lowest BCUT2D eigenvalue weighted by molar-refractivity contribution is -0.0363. The average molecular weight is 498 g/mol. The van der Waals surface area contributed by atoms with E-state index in [1.54, 1.807) is 0 Å². The van der Waals surface area contributed by atoms with Crippen molar-refractivity contribution in [3.63, 3.8) is 0 Å². The smallest absolute Gasteiger partial charge is 0.450 e. The van der Waals surface area contributed by atoms with Crippen molar-refractivity contribution >= 4 is 17.8 Å². The molecule has 0 amide bonds. The lowest BCUT2D eigenvalue weighted by Crippen LogP contribution is -2.52. The summed E-state index contributed by atoms with van der Waals surface area (Å²) in [4.78, 5) is 17.4. The first kappa shape index (κ1) is 23.8. The van der Waals surface area contributed by atoms with Crippen LogP contribution in [0.15, 0.2) is 53.1 Å². The van der Waals surface area contributed by atoms with Gasteiger partial charge in [0.1, 0.15) is 12.2 Å². The van der Waals surface area contributed by atoms with Crippen LogP contribution in [0.4, 0.5) is 4.79 Å². The molecule has 2 aromatic carbocycles. The van der Waals surface area contributed by atoms with E-state index >= 15 is 0 Å². The zero-order chi connectivity index (χ0) is 24.4. The van der Waals surface area contributed by atoms with Crippen molar-refractivity contribution in [3.8, 4) is 11.4 Å². The molecule has 0 radical (unpaired) electrons. The molecule has 0 bridgehead atoms. The number of halogens is 1. The Morgan fingerprint density at radius 1 is 1.20 bits per heavy atom. The number of nitrogens with zero attached hydrogens (tertiary/aromatic N) is 3.